The van der Waals surface area contributed by atoms with Crippen LogP contribution in [0.2, 0.25) is 0 Å². The molecule has 1 aliphatic rings. The number of piperazine rings is 1. The van der Waals surface area contributed by atoms with Crippen LogP contribution in [0.1, 0.15) is 34.6 Å². The first kappa shape index (κ1) is 15.9. The minimum atomic E-state index is -0.0568. The maximum absolute atomic E-state index is 6.00. The quantitative estimate of drug-likeness (QED) is 0.820. The number of nitrogens with two attached hydrogens (primary N) is 1. The lowest BCUT2D eigenvalue weighted by atomic mass is 9.92. The number of rotatable bonds is 4. The van der Waals surface area contributed by atoms with Crippen molar-refractivity contribution in [2.75, 3.05) is 39.8 Å². The van der Waals surface area contributed by atoms with E-state index in [0.29, 0.717) is 6.54 Å². The van der Waals surface area contributed by atoms with Crippen molar-refractivity contribution in [3.8, 4) is 0 Å². The van der Waals surface area contributed by atoms with E-state index in [1.54, 1.807) is 7.11 Å². The van der Waals surface area contributed by atoms with Crippen LogP contribution >= 0.6 is 0 Å². The molecule has 0 radical (unpaired) electrons. The van der Waals surface area contributed by atoms with Gasteiger partial charge < -0.3 is 10.5 Å². The van der Waals surface area contributed by atoms with Gasteiger partial charge >= 0.3 is 0 Å². The summed E-state index contributed by atoms with van der Waals surface area (Å²) in [5, 5.41) is 0. The molecule has 0 amide bonds. The molecule has 1 rings (SSSR count). The van der Waals surface area contributed by atoms with E-state index in [2.05, 4.69) is 44.4 Å². The first-order chi connectivity index (χ1) is 8.25. The highest BCUT2D eigenvalue weighted by atomic mass is 16.5. The molecule has 2 N–H and O–H groups in total. The van der Waals surface area contributed by atoms with E-state index in [4.69, 9.17) is 10.5 Å². The second-order valence-corrected chi connectivity index (χ2v) is 6.58. The molecule has 0 aromatic rings. The SMILES string of the molecule is COC(C)C(C)(CN)N1CCN(C(C)(C)C)CC1. The summed E-state index contributed by atoms with van der Waals surface area (Å²) in [6.07, 6.45) is 0.156. The zero-order chi connectivity index (χ0) is 14.0. The van der Waals surface area contributed by atoms with Crippen LogP contribution in [0.3, 0.4) is 0 Å². The van der Waals surface area contributed by atoms with Gasteiger partial charge in [0.15, 0.2) is 0 Å². The van der Waals surface area contributed by atoms with Crippen LogP contribution in [0.4, 0.5) is 0 Å². The Morgan fingerprint density at radius 1 is 1.06 bits per heavy atom. The molecule has 4 heteroatoms. The van der Waals surface area contributed by atoms with Gasteiger partial charge in [0.1, 0.15) is 0 Å². The van der Waals surface area contributed by atoms with Crippen LogP contribution in [0, 0.1) is 0 Å². The standard InChI is InChI=1S/C14H31N3O/c1-12(18-6)14(5,11-15)17-9-7-16(8-10-17)13(2,3)4/h12H,7-11,15H2,1-6H3. The molecule has 2 atom stereocenters. The lowest BCUT2D eigenvalue weighted by Gasteiger charge is -2.50. The van der Waals surface area contributed by atoms with Crippen molar-refractivity contribution < 1.29 is 4.74 Å². The summed E-state index contributed by atoms with van der Waals surface area (Å²) in [5.74, 6) is 0. The van der Waals surface area contributed by atoms with E-state index < -0.39 is 0 Å². The molecule has 1 aliphatic heterocycles. The van der Waals surface area contributed by atoms with Gasteiger partial charge in [0, 0.05) is 45.4 Å². The topological polar surface area (TPSA) is 41.7 Å². The highest BCUT2D eigenvalue weighted by Gasteiger charge is 2.39. The third kappa shape index (κ3) is 3.23. The van der Waals surface area contributed by atoms with Crippen molar-refractivity contribution >= 4 is 0 Å². The highest BCUT2D eigenvalue weighted by Crippen LogP contribution is 2.24. The Morgan fingerprint density at radius 3 is 1.83 bits per heavy atom. The van der Waals surface area contributed by atoms with Crippen LogP contribution in [0.15, 0.2) is 0 Å². The minimum absolute atomic E-state index is 0.0568. The third-order valence-electron chi connectivity index (χ3n) is 4.59. The Bertz CT molecular complexity index is 256. The molecule has 0 aromatic carbocycles. The average Bonchev–Trinajstić information content (AvgIpc) is 2.36. The summed E-state index contributed by atoms with van der Waals surface area (Å²) in [6.45, 7) is 16.2. The van der Waals surface area contributed by atoms with Crippen LogP contribution in [-0.2, 0) is 4.74 Å². The first-order valence-electron chi connectivity index (χ1n) is 6.98. The third-order valence-corrected chi connectivity index (χ3v) is 4.59. The van der Waals surface area contributed by atoms with Crippen molar-refractivity contribution in [3.63, 3.8) is 0 Å². The van der Waals surface area contributed by atoms with Gasteiger partial charge in [-0.3, -0.25) is 9.80 Å². The van der Waals surface area contributed by atoms with Crippen LogP contribution in [0.25, 0.3) is 0 Å². The molecule has 0 aliphatic carbocycles. The largest absolute Gasteiger partial charge is 0.380 e. The summed E-state index contributed by atoms with van der Waals surface area (Å²) in [5.41, 5.74) is 6.20. The zero-order valence-electron chi connectivity index (χ0n) is 13.0. The van der Waals surface area contributed by atoms with Gasteiger partial charge in [-0.25, -0.2) is 0 Å². The zero-order valence-corrected chi connectivity index (χ0v) is 13.0. The Hall–Kier alpha value is -0.160. The van der Waals surface area contributed by atoms with Gasteiger partial charge in [0.25, 0.3) is 0 Å². The fourth-order valence-electron chi connectivity index (χ4n) is 2.69. The molecule has 4 nitrogen and oxygen atoms in total. The molecule has 0 bridgehead atoms. The lowest BCUT2D eigenvalue weighted by Crippen LogP contribution is -2.65. The van der Waals surface area contributed by atoms with E-state index >= 15 is 0 Å². The number of ether oxygens (including phenoxy) is 1. The van der Waals surface area contributed by atoms with Gasteiger partial charge in [-0.05, 0) is 34.6 Å². The molecular weight excluding hydrogens is 226 g/mol. The van der Waals surface area contributed by atoms with E-state index in [1.807, 2.05) is 0 Å². The Kier molecular flexibility index (Phi) is 5.18. The first-order valence-corrected chi connectivity index (χ1v) is 6.98. The Morgan fingerprint density at radius 2 is 1.50 bits per heavy atom. The lowest BCUT2D eigenvalue weighted by molar-refractivity contribution is -0.0593. The van der Waals surface area contributed by atoms with Gasteiger partial charge in [-0.2, -0.15) is 0 Å². The second-order valence-electron chi connectivity index (χ2n) is 6.58. The molecule has 2 unspecified atom stereocenters. The summed E-state index contributed by atoms with van der Waals surface area (Å²) in [6, 6.07) is 0. The van der Waals surface area contributed by atoms with Crippen molar-refractivity contribution in [1.29, 1.82) is 0 Å². The molecule has 0 spiro atoms. The predicted octanol–water partition coefficient (Wildman–Crippen LogP) is 1.15. The molecule has 1 fully saturated rings. The normalized spacial score (nSPS) is 24.8. The Labute approximate surface area is 112 Å². The number of hydrogen-bond donors (Lipinski definition) is 1. The fraction of sp³-hybridized carbons (Fsp3) is 1.00. The maximum atomic E-state index is 6.00. The van der Waals surface area contributed by atoms with E-state index in [1.165, 1.54) is 0 Å². The molecule has 18 heavy (non-hydrogen) atoms. The smallest absolute Gasteiger partial charge is 0.0736 e. The Balaban J connectivity index is 2.66. The minimum Gasteiger partial charge on any atom is -0.380 e. The van der Waals surface area contributed by atoms with Crippen molar-refractivity contribution in [2.24, 2.45) is 5.73 Å². The van der Waals surface area contributed by atoms with Gasteiger partial charge in [0.2, 0.25) is 0 Å². The number of hydrogen-bond acceptors (Lipinski definition) is 4. The highest BCUT2D eigenvalue weighted by molar-refractivity contribution is 4.96. The maximum Gasteiger partial charge on any atom is 0.0736 e. The average molecular weight is 257 g/mol. The van der Waals surface area contributed by atoms with Crippen molar-refractivity contribution in [3.05, 3.63) is 0 Å². The van der Waals surface area contributed by atoms with E-state index in [9.17, 15) is 0 Å². The van der Waals surface area contributed by atoms with Gasteiger partial charge in [0.05, 0.1) is 11.6 Å². The molecule has 0 saturated carbocycles. The summed E-state index contributed by atoms with van der Waals surface area (Å²) >= 11 is 0. The van der Waals surface area contributed by atoms with E-state index in [-0.39, 0.29) is 17.2 Å². The van der Waals surface area contributed by atoms with Crippen LogP contribution in [-0.4, -0.2) is 66.8 Å². The fourth-order valence-corrected chi connectivity index (χ4v) is 2.69. The summed E-state index contributed by atoms with van der Waals surface area (Å²) < 4.78 is 5.52. The van der Waals surface area contributed by atoms with Gasteiger partial charge in [-0.1, -0.05) is 0 Å². The molecule has 1 saturated heterocycles. The van der Waals surface area contributed by atoms with Crippen molar-refractivity contribution in [2.45, 2.75) is 51.8 Å². The van der Waals surface area contributed by atoms with E-state index in [0.717, 1.165) is 26.2 Å². The van der Waals surface area contributed by atoms with Gasteiger partial charge in [-0.15, -0.1) is 0 Å². The summed E-state index contributed by atoms with van der Waals surface area (Å²) in [4.78, 5) is 5.03. The number of nitrogens with zero attached hydrogens (tertiary/aromatic N) is 2. The molecule has 1 heterocycles. The monoisotopic (exact) mass is 257 g/mol. The molecule has 0 aromatic heterocycles. The number of methoxy groups -OCH3 is 1. The molecule has 108 valence electrons. The van der Waals surface area contributed by atoms with Crippen LogP contribution in [0.5, 0.6) is 0 Å². The second kappa shape index (κ2) is 5.87. The predicted molar refractivity (Wildman–Crippen MR) is 76.8 cm³/mol. The van der Waals surface area contributed by atoms with Crippen molar-refractivity contribution in [1.82, 2.24) is 9.80 Å². The van der Waals surface area contributed by atoms with Crippen LogP contribution < -0.4 is 5.73 Å². The summed E-state index contributed by atoms with van der Waals surface area (Å²) in [7, 11) is 1.77. The molecular formula is C14H31N3O.